The molecule has 0 radical (unpaired) electrons. The molecule has 192 valence electrons. The first-order valence-corrected chi connectivity index (χ1v) is 11.8. The standard InChI is InChI=1S/C23H29NO10S/c1-13(25)31-11-19-21(33-15(3)27)18(32-14(2)26)10-20(34-19)35-12-17(23(29)30-4)24-22(28)16-8-6-5-7-9-16/h5-9,17-21H,10-12H2,1-4H3,(H,24,28)/t17-,18+,19+,20+,21-/m0/s1. The summed E-state index contributed by atoms with van der Waals surface area (Å²) in [6, 6.07) is 7.39. The van der Waals surface area contributed by atoms with E-state index in [4.69, 9.17) is 23.7 Å². The molecule has 1 aliphatic heterocycles. The highest BCUT2D eigenvalue weighted by atomic mass is 32.2. The Balaban J connectivity index is 2.14. The molecule has 1 heterocycles. The summed E-state index contributed by atoms with van der Waals surface area (Å²) in [5, 5.41) is 2.64. The molecule has 1 aromatic carbocycles. The van der Waals surface area contributed by atoms with Crippen LogP contribution in [0.15, 0.2) is 30.3 Å². The van der Waals surface area contributed by atoms with Gasteiger partial charge in [-0.2, -0.15) is 0 Å². The van der Waals surface area contributed by atoms with Crippen molar-refractivity contribution < 1.29 is 47.7 Å². The van der Waals surface area contributed by atoms with E-state index in [0.717, 1.165) is 0 Å². The second-order valence-corrected chi connectivity index (χ2v) is 8.81. The third kappa shape index (κ3) is 9.21. The highest BCUT2D eigenvalue weighted by Gasteiger charge is 2.44. The van der Waals surface area contributed by atoms with Crippen molar-refractivity contribution in [3.63, 3.8) is 0 Å². The fourth-order valence-corrected chi connectivity index (χ4v) is 4.52. The van der Waals surface area contributed by atoms with Gasteiger partial charge in [0.25, 0.3) is 5.91 Å². The molecule has 0 aliphatic carbocycles. The number of ether oxygens (including phenoxy) is 5. The summed E-state index contributed by atoms with van der Waals surface area (Å²) in [6.45, 7) is 3.39. The van der Waals surface area contributed by atoms with Crippen molar-refractivity contribution in [2.75, 3.05) is 19.5 Å². The Labute approximate surface area is 207 Å². The normalized spacial score (nSPS) is 22.3. The summed E-state index contributed by atoms with van der Waals surface area (Å²) >= 11 is 1.17. The van der Waals surface area contributed by atoms with Crippen molar-refractivity contribution in [2.24, 2.45) is 0 Å². The van der Waals surface area contributed by atoms with Gasteiger partial charge in [-0.05, 0) is 12.1 Å². The molecular formula is C23H29NO10S. The molecule has 1 aromatic rings. The van der Waals surface area contributed by atoms with Crippen LogP contribution in [0.3, 0.4) is 0 Å². The molecule has 2 rings (SSSR count). The van der Waals surface area contributed by atoms with Crippen LogP contribution in [-0.2, 0) is 42.9 Å². The zero-order valence-electron chi connectivity index (χ0n) is 19.9. The first-order chi connectivity index (χ1) is 16.6. The molecule has 0 unspecified atom stereocenters. The lowest BCUT2D eigenvalue weighted by molar-refractivity contribution is -0.204. The first-order valence-electron chi connectivity index (χ1n) is 10.8. The highest BCUT2D eigenvalue weighted by molar-refractivity contribution is 7.99. The van der Waals surface area contributed by atoms with Crippen LogP contribution in [0.25, 0.3) is 0 Å². The molecule has 1 aliphatic rings. The van der Waals surface area contributed by atoms with Gasteiger partial charge in [0.1, 0.15) is 30.3 Å². The third-order valence-electron chi connectivity index (χ3n) is 4.83. The minimum atomic E-state index is -0.998. The van der Waals surface area contributed by atoms with Crippen molar-refractivity contribution in [1.29, 1.82) is 0 Å². The van der Waals surface area contributed by atoms with Gasteiger partial charge in [0.2, 0.25) is 0 Å². The number of carbonyl (C=O) groups excluding carboxylic acids is 5. The summed E-state index contributed by atoms with van der Waals surface area (Å²) in [6.07, 6.45) is -2.67. The zero-order valence-corrected chi connectivity index (χ0v) is 20.7. The lowest BCUT2D eigenvalue weighted by Gasteiger charge is -2.40. The highest BCUT2D eigenvalue weighted by Crippen LogP contribution is 2.32. The number of benzene rings is 1. The molecule has 1 saturated heterocycles. The fourth-order valence-electron chi connectivity index (χ4n) is 3.35. The van der Waals surface area contributed by atoms with E-state index in [9.17, 15) is 24.0 Å². The van der Waals surface area contributed by atoms with Crippen molar-refractivity contribution >= 4 is 41.5 Å². The van der Waals surface area contributed by atoms with Gasteiger partial charge >= 0.3 is 23.9 Å². The minimum Gasteiger partial charge on any atom is -0.467 e. The second-order valence-electron chi connectivity index (χ2n) is 7.61. The predicted molar refractivity (Wildman–Crippen MR) is 123 cm³/mol. The van der Waals surface area contributed by atoms with Crippen molar-refractivity contribution in [1.82, 2.24) is 5.32 Å². The molecule has 0 aromatic heterocycles. The summed E-state index contributed by atoms with van der Waals surface area (Å²) in [5.41, 5.74) is -0.270. The van der Waals surface area contributed by atoms with Crippen LogP contribution in [0.1, 0.15) is 37.6 Å². The molecular weight excluding hydrogens is 482 g/mol. The fraction of sp³-hybridized carbons (Fsp3) is 0.522. The Kier molecular flexibility index (Phi) is 11.0. The van der Waals surface area contributed by atoms with E-state index in [1.807, 2.05) is 0 Å². The molecule has 0 saturated carbocycles. The Hall–Kier alpha value is -3.12. The van der Waals surface area contributed by atoms with Crippen molar-refractivity contribution in [3.8, 4) is 0 Å². The summed E-state index contributed by atoms with van der Waals surface area (Å²) < 4.78 is 26.5. The number of rotatable bonds is 10. The molecule has 1 fully saturated rings. The first kappa shape index (κ1) is 28.1. The van der Waals surface area contributed by atoms with Crippen LogP contribution in [0, 0.1) is 0 Å². The van der Waals surface area contributed by atoms with Gasteiger partial charge in [0.15, 0.2) is 6.10 Å². The Morgan fingerprint density at radius 1 is 1.03 bits per heavy atom. The van der Waals surface area contributed by atoms with Crippen LogP contribution in [0.4, 0.5) is 0 Å². The van der Waals surface area contributed by atoms with Crippen LogP contribution < -0.4 is 5.32 Å². The largest absolute Gasteiger partial charge is 0.467 e. The second kappa shape index (κ2) is 13.7. The minimum absolute atomic E-state index is 0.0707. The van der Waals surface area contributed by atoms with Crippen molar-refractivity contribution in [2.45, 2.75) is 57.0 Å². The van der Waals surface area contributed by atoms with Gasteiger partial charge in [-0.3, -0.25) is 19.2 Å². The van der Waals surface area contributed by atoms with E-state index < -0.39 is 59.6 Å². The van der Waals surface area contributed by atoms with E-state index in [2.05, 4.69) is 5.32 Å². The quantitative estimate of drug-likeness (QED) is 0.358. The molecule has 1 amide bonds. The monoisotopic (exact) mass is 511 g/mol. The van der Waals surface area contributed by atoms with Gasteiger partial charge < -0.3 is 29.0 Å². The summed E-state index contributed by atoms with van der Waals surface area (Å²) in [5.74, 6) is -2.81. The number of methoxy groups -OCH3 is 1. The lowest BCUT2D eigenvalue weighted by Crippen LogP contribution is -2.53. The maximum atomic E-state index is 12.5. The Morgan fingerprint density at radius 2 is 1.69 bits per heavy atom. The van der Waals surface area contributed by atoms with Gasteiger partial charge in [0, 0.05) is 38.5 Å². The smallest absolute Gasteiger partial charge is 0.329 e. The molecule has 0 spiro atoms. The van der Waals surface area contributed by atoms with Crippen LogP contribution in [0.5, 0.6) is 0 Å². The van der Waals surface area contributed by atoms with Crippen LogP contribution in [-0.4, -0.2) is 79.0 Å². The summed E-state index contributed by atoms with van der Waals surface area (Å²) in [7, 11) is 1.21. The summed E-state index contributed by atoms with van der Waals surface area (Å²) in [4.78, 5) is 59.5. The molecule has 12 heteroatoms. The number of nitrogens with one attached hydrogen (secondary N) is 1. The average molecular weight is 512 g/mol. The number of hydrogen-bond donors (Lipinski definition) is 1. The third-order valence-corrected chi connectivity index (χ3v) is 6.03. The molecule has 1 N–H and O–H groups in total. The van der Waals surface area contributed by atoms with E-state index in [1.165, 1.54) is 39.6 Å². The average Bonchev–Trinajstić information content (AvgIpc) is 2.81. The Morgan fingerprint density at radius 3 is 2.26 bits per heavy atom. The van der Waals surface area contributed by atoms with E-state index in [0.29, 0.717) is 5.56 Å². The number of amides is 1. The number of thioether (sulfide) groups is 1. The van der Waals surface area contributed by atoms with Gasteiger partial charge in [-0.1, -0.05) is 18.2 Å². The van der Waals surface area contributed by atoms with Gasteiger partial charge in [0.05, 0.1) is 7.11 Å². The number of carbonyl (C=O) groups is 5. The predicted octanol–water partition coefficient (Wildman–Crippen LogP) is 1.23. The van der Waals surface area contributed by atoms with Gasteiger partial charge in [-0.25, -0.2) is 4.79 Å². The number of esters is 4. The molecule has 11 nitrogen and oxygen atoms in total. The van der Waals surface area contributed by atoms with E-state index in [1.54, 1.807) is 30.3 Å². The van der Waals surface area contributed by atoms with Crippen molar-refractivity contribution in [3.05, 3.63) is 35.9 Å². The Bertz CT molecular complexity index is 909. The van der Waals surface area contributed by atoms with Gasteiger partial charge in [-0.15, -0.1) is 11.8 Å². The zero-order chi connectivity index (χ0) is 26.0. The van der Waals surface area contributed by atoms with E-state index in [-0.39, 0.29) is 18.8 Å². The lowest BCUT2D eigenvalue weighted by atomic mass is 10.0. The maximum absolute atomic E-state index is 12.5. The topological polar surface area (TPSA) is 144 Å². The molecule has 0 bridgehead atoms. The molecule has 5 atom stereocenters. The molecule has 35 heavy (non-hydrogen) atoms. The van der Waals surface area contributed by atoms with Crippen LogP contribution >= 0.6 is 11.8 Å². The maximum Gasteiger partial charge on any atom is 0.329 e. The number of hydrogen-bond acceptors (Lipinski definition) is 11. The van der Waals surface area contributed by atoms with Crippen LogP contribution in [0.2, 0.25) is 0 Å². The SMILES string of the molecule is COC(=O)[C@H](CS[C@@H]1C[C@@H](OC(C)=O)[C@H](OC(C)=O)[C@@H](COC(C)=O)O1)NC(=O)c1ccccc1. The van der Waals surface area contributed by atoms with E-state index >= 15 is 0 Å².